The lowest BCUT2D eigenvalue weighted by atomic mass is 9.96. The maximum absolute atomic E-state index is 12.8. The average Bonchev–Trinajstić information content (AvgIpc) is 3.17. The van der Waals surface area contributed by atoms with Crippen LogP contribution in [0.2, 0.25) is 0 Å². The zero-order valence-electron chi connectivity index (χ0n) is 19.8. The second-order valence-corrected chi connectivity index (χ2v) is 8.64. The van der Waals surface area contributed by atoms with Crippen LogP contribution in [0.1, 0.15) is 47.4 Å². The molecule has 178 valence electrons. The molecule has 1 aliphatic heterocycles. The van der Waals surface area contributed by atoms with Crippen molar-refractivity contribution in [2.45, 2.75) is 45.2 Å². The molecule has 0 saturated carbocycles. The summed E-state index contributed by atoms with van der Waals surface area (Å²) in [6, 6.07) is 9.04. The zero-order valence-corrected chi connectivity index (χ0v) is 19.8. The van der Waals surface area contributed by atoms with Gasteiger partial charge in [-0.25, -0.2) is 0 Å². The van der Waals surface area contributed by atoms with Crippen molar-refractivity contribution in [2.75, 3.05) is 20.7 Å². The van der Waals surface area contributed by atoms with Gasteiger partial charge in [-0.05, 0) is 43.5 Å². The second-order valence-electron chi connectivity index (χ2n) is 8.64. The SMILES string of the molecule is COc1ccc(CNC(=O)C2CCCC(NC(=O)c3cc(C)n(C)n3)CN(C)C(=O)C2)cc1. The summed E-state index contributed by atoms with van der Waals surface area (Å²) in [6.45, 7) is 2.68. The van der Waals surface area contributed by atoms with Gasteiger partial charge >= 0.3 is 0 Å². The molecular formula is C24H33N5O4. The highest BCUT2D eigenvalue weighted by Crippen LogP contribution is 2.19. The molecule has 0 bridgehead atoms. The number of aryl methyl sites for hydroxylation is 2. The van der Waals surface area contributed by atoms with Gasteiger partial charge in [0, 0.05) is 51.3 Å². The number of methoxy groups -OCH3 is 1. The van der Waals surface area contributed by atoms with Crippen LogP contribution in [0.3, 0.4) is 0 Å². The lowest BCUT2D eigenvalue weighted by Crippen LogP contribution is -2.44. The third-order valence-corrected chi connectivity index (χ3v) is 6.12. The van der Waals surface area contributed by atoms with Crippen molar-refractivity contribution < 1.29 is 19.1 Å². The number of carbonyl (C=O) groups excluding carboxylic acids is 3. The Balaban J connectivity index is 1.57. The number of nitrogens with zero attached hydrogens (tertiary/aromatic N) is 3. The van der Waals surface area contributed by atoms with E-state index in [-0.39, 0.29) is 30.2 Å². The van der Waals surface area contributed by atoms with E-state index in [1.165, 1.54) is 0 Å². The highest BCUT2D eigenvalue weighted by atomic mass is 16.5. The minimum atomic E-state index is -0.397. The van der Waals surface area contributed by atoms with Gasteiger partial charge in [-0.15, -0.1) is 0 Å². The fraction of sp³-hybridized carbons (Fsp3) is 0.500. The Morgan fingerprint density at radius 2 is 1.91 bits per heavy atom. The van der Waals surface area contributed by atoms with Gasteiger partial charge in [0.1, 0.15) is 11.4 Å². The lowest BCUT2D eigenvalue weighted by Gasteiger charge is -2.24. The van der Waals surface area contributed by atoms with Crippen LogP contribution in [0.4, 0.5) is 0 Å². The lowest BCUT2D eigenvalue weighted by molar-refractivity contribution is -0.135. The van der Waals surface area contributed by atoms with Gasteiger partial charge in [-0.2, -0.15) is 5.10 Å². The van der Waals surface area contributed by atoms with E-state index in [4.69, 9.17) is 4.74 Å². The highest BCUT2D eigenvalue weighted by Gasteiger charge is 2.28. The van der Waals surface area contributed by atoms with Crippen LogP contribution in [-0.2, 0) is 23.2 Å². The Morgan fingerprint density at radius 1 is 1.18 bits per heavy atom. The molecule has 2 N–H and O–H groups in total. The molecule has 9 nitrogen and oxygen atoms in total. The molecule has 2 heterocycles. The molecule has 1 saturated heterocycles. The monoisotopic (exact) mass is 455 g/mol. The van der Waals surface area contributed by atoms with E-state index in [0.717, 1.165) is 23.4 Å². The summed E-state index contributed by atoms with van der Waals surface area (Å²) in [7, 11) is 5.11. The second kappa shape index (κ2) is 11.0. The third-order valence-electron chi connectivity index (χ3n) is 6.12. The zero-order chi connectivity index (χ0) is 24.0. The fourth-order valence-electron chi connectivity index (χ4n) is 3.95. The average molecular weight is 456 g/mol. The van der Waals surface area contributed by atoms with E-state index in [2.05, 4.69) is 15.7 Å². The molecular weight excluding hydrogens is 422 g/mol. The molecule has 1 aromatic heterocycles. The summed E-state index contributed by atoms with van der Waals surface area (Å²) in [5, 5.41) is 10.2. The molecule has 3 rings (SSSR count). The summed E-state index contributed by atoms with van der Waals surface area (Å²) in [4.78, 5) is 39.8. The van der Waals surface area contributed by atoms with Gasteiger partial charge in [-0.3, -0.25) is 19.1 Å². The maximum atomic E-state index is 12.8. The standard InChI is InChI=1S/C24H33N5O4/c1-16-12-21(27-29(16)3)24(32)26-19-7-5-6-18(13-22(30)28(2)15-19)23(31)25-14-17-8-10-20(33-4)11-9-17/h8-12,18-19H,5-7,13-15H2,1-4H3,(H,25,31)(H,26,32). The molecule has 0 spiro atoms. The maximum Gasteiger partial charge on any atom is 0.272 e. The Morgan fingerprint density at radius 3 is 2.55 bits per heavy atom. The molecule has 33 heavy (non-hydrogen) atoms. The van der Waals surface area contributed by atoms with Crippen LogP contribution < -0.4 is 15.4 Å². The predicted octanol–water partition coefficient (Wildman–Crippen LogP) is 1.80. The number of amides is 3. The summed E-state index contributed by atoms with van der Waals surface area (Å²) in [5.74, 6) is -0.119. The van der Waals surface area contributed by atoms with Gasteiger partial charge in [0.25, 0.3) is 5.91 Å². The summed E-state index contributed by atoms with van der Waals surface area (Å²) in [6.07, 6.45) is 2.15. The quantitative estimate of drug-likeness (QED) is 0.691. The van der Waals surface area contributed by atoms with Gasteiger partial charge in [0.05, 0.1) is 7.11 Å². The van der Waals surface area contributed by atoms with Gasteiger partial charge < -0.3 is 20.3 Å². The van der Waals surface area contributed by atoms with Crippen LogP contribution >= 0.6 is 0 Å². The number of likely N-dealkylation sites (N-methyl/N-ethyl adjacent to an activating group) is 1. The van der Waals surface area contributed by atoms with Crippen molar-refractivity contribution in [1.82, 2.24) is 25.3 Å². The molecule has 2 unspecified atom stereocenters. The van der Waals surface area contributed by atoms with Crippen molar-refractivity contribution in [3.8, 4) is 5.75 Å². The van der Waals surface area contributed by atoms with E-state index in [0.29, 0.717) is 31.6 Å². The first-order chi connectivity index (χ1) is 15.8. The number of benzene rings is 1. The van der Waals surface area contributed by atoms with Crippen LogP contribution in [0, 0.1) is 12.8 Å². The molecule has 0 radical (unpaired) electrons. The first-order valence-corrected chi connectivity index (χ1v) is 11.2. The summed E-state index contributed by atoms with van der Waals surface area (Å²) >= 11 is 0. The Kier molecular flexibility index (Phi) is 8.08. The number of aromatic nitrogens is 2. The first kappa shape index (κ1) is 24.3. The Hall–Kier alpha value is -3.36. The van der Waals surface area contributed by atoms with Crippen molar-refractivity contribution in [2.24, 2.45) is 13.0 Å². The minimum absolute atomic E-state index is 0.102. The van der Waals surface area contributed by atoms with Gasteiger partial charge in [-0.1, -0.05) is 18.6 Å². The Labute approximate surface area is 194 Å². The number of ether oxygens (including phenoxy) is 1. The minimum Gasteiger partial charge on any atom is -0.497 e. The van der Waals surface area contributed by atoms with Crippen molar-refractivity contribution in [3.63, 3.8) is 0 Å². The summed E-state index contributed by atoms with van der Waals surface area (Å²) < 4.78 is 6.81. The van der Waals surface area contributed by atoms with E-state index in [9.17, 15) is 14.4 Å². The molecule has 9 heteroatoms. The predicted molar refractivity (Wildman–Crippen MR) is 124 cm³/mol. The number of carbonyl (C=O) groups is 3. The van der Waals surface area contributed by atoms with E-state index in [1.807, 2.05) is 31.2 Å². The van der Waals surface area contributed by atoms with E-state index < -0.39 is 5.92 Å². The normalized spacial score (nSPS) is 19.3. The molecule has 2 atom stereocenters. The number of nitrogens with one attached hydrogen (secondary N) is 2. The number of hydrogen-bond donors (Lipinski definition) is 2. The third kappa shape index (κ3) is 6.57. The Bertz CT molecular complexity index is 966. The summed E-state index contributed by atoms with van der Waals surface area (Å²) in [5.41, 5.74) is 2.22. The van der Waals surface area contributed by atoms with E-state index in [1.54, 1.807) is 36.9 Å². The van der Waals surface area contributed by atoms with Gasteiger partial charge in [0.15, 0.2) is 0 Å². The largest absolute Gasteiger partial charge is 0.497 e. The molecule has 1 fully saturated rings. The van der Waals surface area contributed by atoms with Crippen LogP contribution in [0.5, 0.6) is 5.75 Å². The van der Waals surface area contributed by atoms with Crippen molar-refractivity contribution >= 4 is 17.7 Å². The van der Waals surface area contributed by atoms with Crippen molar-refractivity contribution in [3.05, 3.63) is 47.3 Å². The van der Waals surface area contributed by atoms with Crippen molar-refractivity contribution in [1.29, 1.82) is 0 Å². The number of hydrogen-bond acceptors (Lipinski definition) is 5. The highest BCUT2D eigenvalue weighted by molar-refractivity contribution is 5.92. The fourth-order valence-corrected chi connectivity index (χ4v) is 3.95. The van der Waals surface area contributed by atoms with Crippen LogP contribution in [0.25, 0.3) is 0 Å². The topological polar surface area (TPSA) is 106 Å². The van der Waals surface area contributed by atoms with Crippen LogP contribution in [0.15, 0.2) is 30.3 Å². The molecule has 1 aliphatic rings. The number of rotatable bonds is 6. The smallest absolute Gasteiger partial charge is 0.272 e. The van der Waals surface area contributed by atoms with Gasteiger partial charge in [0.2, 0.25) is 11.8 Å². The molecule has 1 aromatic carbocycles. The first-order valence-electron chi connectivity index (χ1n) is 11.2. The molecule has 2 aromatic rings. The van der Waals surface area contributed by atoms with E-state index >= 15 is 0 Å². The molecule has 0 aliphatic carbocycles. The van der Waals surface area contributed by atoms with Crippen LogP contribution in [-0.4, -0.2) is 59.1 Å². The molecule has 3 amide bonds.